The highest BCUT2D eigenvalue weighted by Gasteiger charge is 2.20. The fourth-order valence-electron chi connectivity index (χ4n) is 2.93. The number of hydrogen-bond acceptors (Lipinski definition) is 6. The lowest BCUT2D eigenvalue weighted by molar-refractivity contribution is 0.369. The quantitative estimate of drug-likeness (QED) is 0.389. The molecule has 0 unspecified atom stereocenters. The van der Waals surface area contributed by atoms with Gasteiger partial charge in [0.15, 0.2) is 5.96 Å². The van der Waals surface area contributed by atoms with Gasteiger partial charge in [0.05, 0.1) is 0 Å². The van der Waals surface area contributed by atoms with Crippen LogP contribution in [0.25, 0.3) is 0 Å². The fourth-order valence-corrected chi connectivity index (χ4v) is 2.93. The number of anilines is 1. The Kier molecular flexibility index (Phi) is 8.01. The molecule has 1 fully saturated rings. The molecule has 0 saturated carbocycles. The Balaban J connectivity index is 0.00000243. The standard InChI is InChI=1S/C16H25N9.HI/c1-3-14-22-21-13-25(14)8-7-20-15(17-2)23-9-11-24(12-10-23)16-18-5-4-6-19-16;/h4-6,13H,3,7-12H2,1-2H3,(H,17,20);1H. The second-order valence-electron chi connectivity index (χ2n) is 5.79. The maximum atomic E-state index is 4.41. The zero-order chi connectivity index (χ0) is 17.5. The van der Waals surface area contributed by atoms with E-state index in [1.807, 2.05) is 13.1 Å². The third-order valence-corrected chi connectivity index (χ3v) is 4.27. The van der Waals surface area contributed by atoms with Crippen molar-refractivity contribution in [2.45, 2.75) is 19.9 Å². The maximum absolute atomic E-state index is 4.41. The number of aliphatic imine (C=N–C) groups is 1. The third-order valence-electron chi connectivity index (χ3n) is 4.27. The van der Waals surface area contributed by atoms with Gasteiger partial charge in [-0.3, -0.25) is 4.99 Å². The first-order chi connectivity index (χ1) is 12.3. The Morgan fingerprint density at radius 2 is 1.92 bits per heavy atom. The molecule has 3 heterocycles. The summed E-state index contributed by atoms with van der Waals surface area (Å²) >= 11 is 0. The Morgan fingerprint density at radius 3 is 2.58 bits per heavy atom. The van der Waals surface area contributed by atoms with Crippen LogP contribution in [-0.2, 0) is 13.0 Å². The number of piperazine rings is 1. The van der Waals surface area contributed by atoms with E-state index < -0.39 is 0 Å². The Morgan fingerprint density at radius 1 is 1.19 bits per heavy atom. The number of rotatable bonds is 5. The van der Waals surface area contributed by atoms with Gasteiger partial charge in [-0.1, -0.05) is 6.92 Å². The van der Waals surface area contributed by atoms with E-state index in [0.717, 1.165) is 63.4 Å². The van der Waals surface area contributed by atoms with Gasteiger partial charge >= 0.3 is 0 Å². The van der Waals surface area contributed by atoms with E-state index in [0.29, 0.717) is 0 Å². The molecule has 2 aromatic heterocycles. The van der Waals surface area contributed by atoms with Gasteiger partial charge in [0.1, 0.15) is 12.2 Å². The van der Waals surface area contributed by atoms with Crippen molar-refractivity contribution in [2.24, 2.45) is 4.99 Å². The molecule has 0 aromatic carbocycles. The number of halogens is 1. The minimum atomic E-state index is 0. The van der Waals surface area contributed by atoms with E-state index in [1.54, 1.807) is 18.7 Å². The average molecular weight is 471 g/mol. The van der Waals surface area contributed by atoms with E-state index in [4.69, 9.17) is 0 Å². The molecule has 0 amide bonds. The van der Waals surface area contributed by atoms with Crippen LogP contribution in [0.15, 0.2) is 29.8 Å². The molecule has 1 N–H and O–H groups in total. The molecule has 0 radical (unpaired) electrons. The molecule has 10 heteroatoms. The van der Waals surface area contributed by atoms with Crippen LogP contribution in [0.5, 0.6) is 0 Å². The summed E-state index contributed by atoms with van der Waals surface area (Å²) in [6.07, 6.45) is 6.23. The highest BCUT2D eigenvalue weighted by atomic mass is 127. The van der Waals surface area contributed by atoms with Crippen molar-refractivity contribution in [3.8, 4) is 0 Å². The minimum Gasteiger partial charge on any atom is -0.354 e. The molecule has 1 saturated heterocycles. The minimum absolute atomic E-state index is 0. The summed E-state index contributed by atoms with van der Waals surface area (Å²) in [4.78, 5) is 17.5. The normalized spacial score (nSPS) is 14.9. The van der Waals surface area contributed by atoms with Crippen molar-refractivity contribution in [1.29, 1.82) is 0 Å². The first kappa shape index (κ1) is 20.3. The third kappa shape index (κ3) is 5.02. The van der Waals surface area contributed by atoms with Gasteiger partial charge in [-0.2, -0.15) is 0 Å². The van der Waals surface area contributed by atoms with Crippen molar-refractivity contribution < 1.29 is 0 Å². The predicted octanol–water partition coefficient (Wildman–Crippen LogP) is 0.646. The summed E-state index contributed by atoms with van der Waals surface area (Å²) < 4.78 is 2.07. The van der Waals surface area contributed by atoms with Gasteiger partial charge < -0.3 is 19.7 Å². The zero-order valence-corrected chi connectivity index (χ0v) is 17.6. The van der Waals surface area contributed by atoms with Crippen LogP contribution in [0.4, 0.5) is 5.95 Å². The van der Waals surface area contributed by atoms with Crippen LogP contribution in [0.1, 0.15) is 12.7 Å². The summed E-state index contributed by atoms with van der Waals surface area (Å²) in [5.74, 6) is 2.73. The summed E-state index contributed by atoms with van der Waals surface area (Å²) in [6.45, 7) is 7.26. The summed E-state index contributed by atoms with van der Waals surface area (Å²) in [7, 11) is 1.82. The van der Waals surface area contributed by atoms with Crippen LogP contribution < -0.4 is 10.2 Å². The molecule has 1 aliphatic rings. The Hall–Kier alpha value is -1.98. The first-order valence-electron chi connectivity index (χ1n) is 8.66. The van der Waals surface area contributed by atoms with E-state index in [9.17, 15) is 0 Å². The van der Waals surface area contributed by atoms with Crippen molar-refractivity contribution >= 4 is 35.9 Å². The van der Waals surface area contributed by atoms with Gasteiger partial charge in [0.25, 0.3) is 0 Å². The van der Waals surface area contributed by atoms with Crippen molar-refractivity contribution in [1.82, 2.24) is 34.9 Å². The lowest BCUT2D eigenvalue weighted by atomic mass is 10.3. The average Bonchev–Trinajstić information content (AvgIpc) is 3.14. The topological polar surface area (TPSA) is 87.4 Å². The van der Waals surface area contributed by atoms with Gasteiger partial charge in [-0.25, -0.2) is 9.97 Å². The lowest BCUT2D eigenvalue weighted by Crippen LogP contribution is -2.53. The molecule has 26 heavy (non-hydrogen) atoms. The Labute approximate surface area is 171 Å². The number of guanidine groups is 1. The number of nitrogens with one attached hydrogen (secondary N) is 1. The molecule has 1 aliphatic heterocycles. The molecule has 0 atom stereocenters. The monoisotopic (exact) mass is 471 g/mol. The second kappa shape index (κ2) is 10.2. The molecular weight excluding hydrogens is 445 g/mol. The molecule has 3 rings (SSSR count). The van der Waals surface area contributed by atoms with E-state index in [2.05, 4.69) is 51.8 Å². The number of hydrogen-bond donors (Lipinski definition) is 1. The summed E-state index contributed by atoms with van der Waals surface area (Å²) in [5, 5.41) is 11.5. The number of nitrogens with zero attached hydrogens (tertiary/aromatic N) is 8. The van der Waals surface area contributed by atoms with Crippen LogP contribution in [0.2, 0.25) is 0 Å². The Bertz CT molecular complexity index is 680. The molecule has 9 nitrogen and oxygen atoms in total. The van der Waals surface area contributed by atoms with Gasteiger partial charge in [-0.05, 0) is 6.07 Å². The molecule has 0 spiro atoms. The second-order valence-corrected chi connectivity index (χ2v) is 5.79. The highest BCUT2D eigenvalue weighted by molar-refractivity contribution is 14.0. The molecule has 0 bridgehead atoms. The SMILES string of the molecule is CCc1nncn1CCNC(=NC)N1CCN(c2ncccn2)CC1.I. The molecular formula is C16H26IN9. The van der Waals surface area contributed by atoms with Gasteiger partial charge in [0, 0.05) is 65.1 Å². The first-order valence-corrected chi connectivity index (χ1v) is 8.66. The molecule has 0 aliphatic carbocycles. The summed E-state index contributed by atoms with van der Waals surface area (Å²) in [6, 6.07) is 1.84. The lowest BCUT2D eigenvalue weighted by Gasteiger charge is -2.36. The maximum Gasteiger partial charge on any atom is 0.225 e. The van der Waals surface area contributed by atoms with E-state index in [-0.39, 0.29) is 24.0 Å². The van der Waals surface area contributed by atoms with Crippen molar-refractivity contribution in [2.75, 3.05) is 44.7 Å². The van der Waals surface area contributed by atoms with Crippen LogP contribution in [-0.4, -0.2) is 75.4 Å². The fraction of sp³-hybridized carbons (Fsp3) is 0.562. The van der Waals surface area contributed by atoms with E-state index >= 15 is 0 Å². The van der Waals surface area contributed by atoms with Gasteiger partial charge in [-0.15, -0.1) is 34.2 Å². The summed E-state index contributed by atoms with van der Waals surface area (Å²) in [5.41, 5.74) is 0. The van der Waals surface area contributed by atoms with E-state index in [1.165, 1.54) is 0 Å². The van der Waals surface area contributed by atoms with Crippen LogP contribution in [0.3, 0.4) is 0 Å². The number of aromatic nitrogens is 5. The van der Waals surface area contributed by atoms with Crippen molar-refractivity contribution in [3.05, 3.63) is 30.6 Å². The molecule has 2 aromatic rings. The van der Waals surface area contributed by atoms with Crippen LogP contribution in [0, 0.1) is 0 Å². The largest absolute Gasteiger partial charge is 0.354 e. The molecule has 142 valence electrons. The predicted molar refractivity (Wildman–Crippen MR) is 112 cm³/mol. The zero-order valence-electron chi connectivity index (χ0n) is 15.2. The smallest absolute Gasteiger partial charge is 0.225 e. The van der Waals surface area contributed by atoms with Crippen molar-refractivity contribution in [3.63, 3.8) is 0 Å². The number of aryl methyl sites for hydroxylation is 1. The van der Waals surface area contributed by atoms with Crippen LogP contribution >= 0.6 is 24.0 Å². The van der Waals surface area contributed by atoms with Gasteiger partial charge in [0.2, 0.25) is 5.95 Å². The highest BCUT2D eigenvalue weighted by Crippen LogP contribution is 2.09.